The van der Waals surface area contributed by atoms with Crippen LogP contribution >= 0.6 is 27.5 Å². The molecule has 3 rings (SSSR count). The van der Waals surface area contributed by atoms with Crippen molar-refractivity contribution in [1.29, 1.82) is 0 Å². The highest BCUT2D eigenvalue weighted by Crippen LogP contribution is 2.67. The first-order chi connectivity index (χ1) is 7.14. The molecular weight excluding hydrogens is 275 g/mol. The lowest BCUT2D eigenvalue weighted by Crippen LogP contribution is -2.13. The summed E-state index contributed by atoms with van der Waals surface area (Å²) in [4.78, 5) is 0. The molecule has 0 heterocycles. The van der Waals surface area contributed by atoms with Crippen molar-refractivity contribution in [2.75, 3.05) is 0 Å². The highest BCUT2D eigenvalue weighted by molar-refractivity contribution is 9.10. The Morgan fingerprint density at radius 2 is 2.00 bits per heavy atom. The normalized spacial score (nSPS) is 37.8. The van der Waals surface area contributed by atoms with Gasteiger partial charge in [0.05, 0.1) is 5.60 Å². The van der Waals surface area contributed by atoms with E-state index < -0.39 is 5.60 Å². The minimum absolute atomic E-state index is 0.481. The molecule has 2 unspecified atom stereocenters. The van der Waals surface area contributed by atoms with Crippen LogP contribution in [0.4, 0.5) is 0 Å². The van der Waals surface area contributed by atoms with E-state index in [4.69, 9.17) is 11.6 Å². The summed E-state index contributed by atoms with van der Waals surface area (Å²) in [5, 5.41) is 11.3. The van der Waals surface area contributed by atoms with E-state index in [-0.39, 0.29) is 0 Å². The van der Waals surface area contributed by atoms with Crippen molar-refractivity contribution in [3.05, 3.63) is 33.3 Å². The Morgan fingerprint density at radius 3 is 2.60 bits per heavy atom. The first-order valence-corrected chi connectivity index (χ1v) is 6.49. The summed E-state index contributed by atoms with van der Waals surface area (Å²) < 4.78 is 0.937. The second kappa shape index (κ2) is 3.22. The lowest BCUT2D eigenvalue weighted by Gasteiger charge is -2.16. The molecule has 1 nitrogen and oxygen atoms in total. The number of halogens is 2. The number of hydrogen-bond acceptors (Lipinski definition) is 1. The van der Waals surface area contributed by atoms with Gasteiger partial charge in [0, 0.05) is 9.50 Å². The van der Waals surface area contributed by atoms with Crippen LogP contribution in [0.1, 0.15) is 24.8 Å². The van der Waals surface area contributed by atoms with Crippen molar-refractivity contribution in [3.63, 3.8) is 0 Å². The molecule has 0 radical (unpaired) electrons. The summed E-state index contributed by atoms with van der Waals surface area (Å²) in [5.41, 5.74) is 0.448. The van der Waals surface area contributed by atoms with Crippen LogP contribution in [0.5, 0.6) is 0 Å². The highest BCUT2D eigenvalue weighted by Gasteiger charge is 2.66. The zero-order valence-corrected chi connectivity index (χ0v) is 10.6. The third kappa shape index (κ3) is 1.31. The molecule has 0 amide bonds. The second-order valence-electron chi connectivity index (χ2n) is 4.59. The molecule has 0 aromatic heterocycles. The van der Waals surface area contributed by atoms with Crippen LogP contribution in [0.3, 0.4) is 0 Å². The van der Waals surface area contributed by atoms with E-state index in [1.165, 1.54) is 6.42 Å². The Kier molecular flexibility index (Phi) is 2.17. The van der Waals surface area contributed by atoms with Crippen molar-refractivity contribution < 1.29 is 5.11 Å². The molecule has 1 aromatic carbocycles. The molecule has 2 aliphatic rings. The van der Waals surface area contributed by atoms with Gasteiger partial charge in [0.2, 0.25) is 0 Å². The van der Waals surface area contributed by atoms with Crippen molar-refractivity contribution >= 4 is 27.5 Å². The molecule has 0 saturated heterocycles. The summed E-state index contributed by atoms with van der Waals surface area (Å²) in [7, 11) is 0. The first-order valence-electron chi connectivity index (χ1n) is 5.32. The molecule has 2 saturated carbocycles. The van der Waals surface area contributed by atoms with E-state index in [9.17, 15) is 5.11 Å². The van der Waals surface area contributed by atoms with Crippen LogP contribution in [0, 0.1) is 11.8 Å². The van der Waals surface area contributed by atoms with E-state index in [0.29, 0.717) is 16.9 Å². The number of hydrogen-bond donors (Lipinski definition) is 1. The van der Waals surface area contributed by atoms with Crippen molar-refractivity contribution in [2.24, 2.45) is 11.8 Å². The molecule has 1 aromatic rings. The lowest BCUT2D eigenvalue weighted by molar-refractivity contribution is 0.105. The van der Waals surface area contributed by atoms with Crippen molar-refractivity contribution in [3.8, 4) is 0 Å². The largest absolute Gasteiger partial charge is 0.385 e. The second-order valence-corrected chi connectivity index (χ2v) is 5.88. The zero-order chi connectivity index (χ0) is 10.6. The van der Waals surface area contributed by atoms with Gasteiger partial charge in [0.25, 0.3) is 0 Å². The molecule has 0 bridgehead atoms. The van der Waals surface area contributed by atoms with Gasteiger partial charge in [0.1, 0.15) is 0 Å². The van der Waals surface area contributed by atoms with Gasteiger partial charge in [-0.3, -0.25) is 0 Å². The van der Waals surface area contributed by atoms with Gasteiger partial charge in [-0.1, -0.05) is 40.0 Å². The minimum atomic E-state index is -0.568. The number of benzene rings is 1. The number of aliphatic hydroxyl groups is 1. The van der Waals surface area contributed by atoms with Gasteiger partial charge in [-0.05, 0) is 42.4 Å². The zero-order valence-electron chi connectivity index (χ0n) is 8.21. The molecule has 2 aliphatic carbocycles. The van der Waals surface area contributed by atoms with Gasteiger partial charge in [0.15, 0.2) is 0 Å². The average molecular weight is 288 g/mol. The quantitative estimate of drug-likeness (QED) is 0.834. The van der Waals surface area contributed by atoms with Gasteiger partial charge in [-0.25, -0.2) is 0 Å². The molecule has 3 heteroatoms. The first kappa shape index (κ1) is 10.1. The van der Waals surface area contributed by atoms with Gasteiger partial charge < -0.3 is 5.11 Å². The fourth-order valence-corrected chi connectivity index (χ4v) is 4.14. The standard InChI is InChI=1S/C12H12BrClO/c13-11-6-7(14)4-5-10(11)12(15)8-2-1-3-9(8)12/h4-6,8-9,15H,1-3H2. The molecule has 0 aliphatic heterocycles. The fourth-order valence-electron chi connectivity index (χ4n) is 3.14. The van der Waals surface area contributed by atoms with Crippen LogP contribution in [0.15, 0.2) is 22.7 Å². The maximum atomic E-state index is 10.6. The Bertz CT molecular complexity index is 408. The van der Waals surface area contributed by atoms with Crippen molar-refractivity contribution in [1.82, 2.24) is 0 Å². The minimum Gasteiger partial charge on any atom is -0.385 e. The van der Waals surface area contributed by atoms with Crippen LogP contribution in [0.2, 0.25) is 5.02 Å². The van der Waals surface area contributed by atoms with E-state index in [2.05, 4.69) is 15.9 Å². The molecule has 0 spiro atoms. The Morgan fingerprint density at radius 1 is 1.33 bits per heavy atom. The summed E-state index contributed by atoms with van der Waals surface area (Å²) >= 11 is 9.38. The maximum Gasteiger partial charge on any atom is 0.0971 e. The summed E-state index contributed by atoms with van der Waals surface area (Å²) in [6, 6.07) is 5.67. The smallest absolute Gasteiger partial charge is 0.0971 e. The predicted octanol–water partition coefficient (Wildman–Crippen LogP) is 3.72. The molecular formula is C12H12BrClO. The predicted molar refractivity (Wildman–Crippen MR) is 63.9 cm³/mol. The monoisotopic (exact) mass is 286 g/mol. The van der Waals surface area contributed by atoms with E-state index >= 15 is 0 Å². The van der Waals surface area contributed by atoms with Crippen LogP contribution < -0.4 is 0 Å². The fraction of sp³-hybridized carbons (Fsp3) is 0.500. The van der Waals surface area contributed by atoms with Crippen LogP contribution in [-0.4, -0.2) is 5.11 Å². The topological polar surface area (TPSA) is 20.2 Å². The Hall–Kier alpha value is -0.0500. The average Bonchev–Trinajstić information content (AvgIpc) is 2.63. The SMILES string of the molecule is OC1(c2ccc(Cl)cc2Br)C2CCCC21. The van der Waals surface area contributed by atoms with Gasteiger partial charge in [-0.2, -0.15) is 0 Å². The summed E-state index contributed by atoms with van der Waals surface area (Å²) in [6.07, 6.45) is 3.59. The van der Waals surface area contributed by atoms with Crippen LogP contribution in [-0.2, 0) is 5.60 Å². The molecule has 2 atom stereocenters. The summed E-state index contributed by atoms with van der Waals surface area (Å²) in [6.45, 7) is 0. The van der Waals surface area contributed by atoms with Crippen LogP contribution in [0.25, 0.3) is 0 Å². The lowest BCUT2D eigenvalue weighted by atomic mass is 9.99. The number of fused-ring (bicyclic) bond motifs is 1. The highest BCUT2D eigenvalue weighted by atomic mass is 79.9. The third-order valence-electron chi connectivity index (χ3n) is 3.90. The van der Waals surface area contributed by atoms with E-state index in [0.717, 1.165) is 22.9 Å². The van der Waals surface area contributed by atoms with Gasteiger partial charge in [-0.15, -0.1) is 0 Å². The van der Waals surface area contributed by atoms with Crippen molar-refractivity contribution in [2.45, 2.75) is 24.9 Å². The summed E-state index contributed by atoms with van der Waals surface area (Å²) in [5.74, 6) is 0.963. The van der Waals surface area contributed by atoms with E-state index in [1.54, 1.807) is 0 Å². The number of rotatable bonds is 1. The third-order valence-corrected chi connectivity index (χ3v) is 4.79. The molecule has 15 heavy (non-hydrogen) atoms. The molecule has 2 fully saturated rings. The molecule has 1 N–H and O–H groups in total. The van der Waals surface area contributed by atoms with E-state index in [1.807, 2.05) is 18.2 Å². The molecule has 80 valence electrons. The Labute approximate surface area is 103 Å². The maximum absolute atomic E-state index is 10.6. The Balaban J connectivity index is 2.00. The van der Waals surface area contributed by atoms with Gasteiger partial charge >= 0.3 is 0 Å².